The molecule has 0 radical (unpaired) electrons. The van der Waals surface area contributed by atoms with Gasteiger partial charge in [-0.05, 0) is 61.6 Å². The summed E-state index contributed by atoms with van der Waals surface area (Å²) < 4.78 is 5.78. The van der Waals surface area contributed by atoms with Crippen LogP contribution in [0.2, 0.25) is 0 Å². The van der Waals surface area contributed by atoms with Crippen molar-refractivity contribution in [3.05, 3.63) is 22.2 Å². The van der Waals surface area contributed by atoms with Crippen LogP contribution in [0.15, 0.2) is 16.6 Å². The second-order valence-electron chi connectivity index (χ2n) is 5.44. The number of benzene rings is 1. The number of ether oxygens (including phenoxy) is 1. The van der Waals surface area contributed by atoms with Crippen molar-refractivity contribution >= 4 is 15.9 Å². The lowest BCUT2D eigenvalue weighted by molar-refractivity contribution is 0.189. The minimum atomic E-state index is 0.0955. The number of phenols is 1. The number of rotatable bonds is 6. The van der Waals surface area contributed by atoms with Crippen LogP contribution in [0.5, 0.6) is 11.5 Å². The monoisotopic (exact) mass is 330 g/mol. The minimum Gasteiger partial charge on any atom is -0.503 e. The normalized spacial score (nSPS) is 11.9. The molecule has 5 heteroatoms. The largest absolute Gasteiger partial charge is 0.503 e. The molecule has 0 unspecified atom stereocenters. The number of nitrogens with one attached hydrogen (secondary N) is 1. The van der Waals surface area contributed by atoms with Gasteiger partial charge in [-0.25, -0.2) is 0 Å². The predicted molar refractivity (Wildman–Crippen MR) is 81.8 cm³/mol. The smallest absolute Gasteiger partial charge is 0.172 e. The highest BCUT2D eigenvalue weighted by Gasteiger charge is 2.19. The van der Waals surface area contributed by atoms with Gasteiger partial charge < -0.3 is 20.1 Å². The number of hydrogen-bond donors (Lipinski definition) is 2. The van der Waals surface area contributed by atoms with Crippen LogP contribution in [0.3, 0.4) is 0 Å². The fourth-order valence-corrected chi connectivity index (χ4v) is 2.05. The van der Waals surface area contributed by atoms with Crippen LogP contribution in [-0.4, -0.2) is 43.3 Å². The van der Waals surface area contributed by atoms with E-state index in [1.165, 1.54) is 0 Å². The van der Waals surface area contributed by atoms with Gasteiger partial charge >= 0.3 is 0 Å². The average Bonchev–Trinajstić information content (AvgIpc) is 2.33. The molecule has 0 fully saturated rings. The number of hydrogen-bond acceptors (Lipinski definition) is 4. The fourth-order valence-electron chi connectivity index (χ4n) is 1.56. The molecule has 2 N–H and O–H groups in total. The Morgan fingerprint density at radius 2 is 2.00 bits per heavy atom. The molecule has 0 bridgehead atoms. The van der Waals surface area contributed by atoms with Crippen LogP contribution in [0, 0.1) is 0 Å². The highest BCUT2D eigenvalue weighted by Crippen LogP contribution is 2.35. The van der Waals surface area contributed by atoms with E-state index < -0.39 is 0 Å². The van der Waals surface area contributed by atoms with Crippen molar-refractivity contribution in [1.29, 1.82) is 0 Å². The van der Waals surface area contributed by atoms with Crippen LogP contribution in [0.1, 0.15) is 19.4 Å². The Bertz CT molecular complexity index is 434. The summed E-state index contributed by atoms with van der Waals surface area (Å²) in [7, 11) is 5.69. The van der Waals surface area contributed by atoms with Gasteiger partial charge in [0.15, 0.2) is 11.5 Å². The Morgan fingerprint density at radius 1 is 1.37 bits per heavy atom. The summed E-state index contributed by atoms with van der Waals surface area (Å²) in [6, 6.07) is 3.74. The molecule has 0 amide bonds. The predicted octanol–water partition coefficient (Wildman–Crippen LogP) is 2.59. The zero-order valence-electron chi connectivity index (χ0n) is 12.2. The van der Waals surface area contributed by atoms with E-state index in [1.54, 1.807) is 7.11 Å². The first kappa shape index (κ1) is 16.3. The van der Waals surface area contributed by atoms with Gasteiger partial charge in [0.2, 0.25) is 0 Å². The first-order valence-corrected chi connectivity index (χ1v) is 7.00. The van der Waals surface area contributed by atoms with Gasteiger partial charge in [-0.3, -0.25) is 0 Å². The van der Waals surface area contributed by atoms with Crippen molar-refractivity contribution in [2.45, 2.75) is 25.9 Å². The zero-order valence-corrected chi connectivity index (χ0v) is 13.8. The maximum atomic E-state index is 9.75. The molecule has 19 heavy (non-hydrogen) atoms. The van der Waals surface area contributed by atoms with Gasteiger partial charge in [0.1, 0.15) is 0 Å². The van der Waals surface area contributed by atoms with Crippen LogP contribution in [0.4, 0.5) is 0 Å². The van der Waals surface area contributed by atoms with Gasteiger partial charge in [0.25, 0.3) is 0 Å². The molecule has 0 atom stereocenters. The highest BCUT2D eigenvalue weighted by atomic mass is 79.9. The van der Waals surface area contributed by atoms with Crippen LogP contribution in [-0.2, 0) is 6.54 Å². The summed E-state index contributed by atoms with van der Waals surface area (Å²) in [5.74, 6) is 0.623. The summed E-state index contributed by atoms with van der Waals surface area (Å²) in [4.78, 5) is 2.19. The van der Waals surface area contributed by atoms with E-state index in [4.69, 9.17) is 4.74 Å². The van der Waals surface area contributed by atoms with Crippen molar-refractivity contribution in [2.24, 2.45) is 0 Å². The van der Waals surface area contributed by atoms with E-state index in [1.807, 2.05) is 12.1 Å². The Morgan fingerprint density at radius 3 is 2.53 bits per heavy atom. The second kappa shape index (κ2) is 6.59. The molecule has 0 aliphatic heterocycles. The lowest BCUT2D eigenvalue weighted by Crippen LogP contribution is -2.46. The maximum Gasteiger partial charge on any atom is 0.172 e. The molecule has 1 rings (SSSR count). The highest BCUT2D eigenvalue weighted by molar-refractivity contribution is 9.10. The number of methoxy groups -OCH3 is 1. The topological polar surface area (TPSA) is 44.7 Å². The lowest BCUT2D eigenvalue weighted by atomic mass is 10.0. The zero-order chi connectivity index (χ0) is 14.6. The molecule has 1 aromatic carbocycles. The quantitative estimate of drug-likeness (QED) is 0.841. The maximum absolute atomic E-state index is 9.75. The molecule has 0 saturated carbocycles. The van der Waals surface area contributed by atoms with Crippen LogP contribution < -0.4 is 10.1 Å². The van der Waals surface area contributed by atoms with Gasteiger partial charge in [0.05, 0.1) is 11.6 Å². The Hall–Kier alpha value is -0.780. The van der Waals surface area contributed by atoms with Crippen molar-refractivity contribution < 1.29 is 9.84 Å². The Balaban J connectivity index is 2.67. The summed E-state index contributed by atoms with van der Waals surface area (Å²) in [5.41, 5.74) is 1.16. The van der Waals surface area contributed by atoms with Crippen molar-refractivity contribution in [1.82, 2.24) is 10.2 Å². The fraction of sp³-hybridized carbons (Fsp3) is 0.571. The molecule has 0 saturated heterocycles. The van der Waals surface area contributed by atoms with Crippen LogP contribution >= 0.6 is 15.9 Å². The summed E-state index contributed by atoms with van der Waals surface area (Å²) in [6.07, 6.45) is 0. The molecule has 0 aliphatic rings. The van der Waals surface area contributed by atoms with Crippen molar-refractivity contribution in [2.75, 3.05) is 27.7 Å². The minimum absolute atomic E-state index is 0.0955. The van der Waals surface area contributed by atoms with Crippen molar-refractivity contribution in [3.8, 4) is 11.5 Å². The summed E-state index contributed by atoms with van der Waals surface area (Å²) in [6.45, 7) is 5.98. The molecule has 1 aromatic rings. The van der Waals surface area contributed by atoms with E-state index in [2.05, 4.69) is 54.1 Å². The number of halogens is 1. The van der Waals surface area contributed by atoms with Gasteiger partial charge in [-0.15, -0.1) is 0 Å². The number of aromatic hydroxyl groups is 1. The molecule has 4 nitrogen and oxygen atoms in total. The molecule has 0 heterocycles. The number of likely N-dealkylation sites (N-methyl/N-ethyl adjacent to an activating group) is 1. The van der Waals surface area contributed by atoms with Gasteiger partial charge in [0, 0.05) is 18.6 Å². The van der Waals surface area contributed by atoms with E-state index in [-0.39, 0.29) is 11.3 Å². The third kappa shape index (κ3) is 4.37. The first-order chi connectivity index (χ1) is 8.77. The van der Waals surface area contributed by atoms with E-state index >= 15 is 0 Å². The Labute approximate surface area is 123 Å². The Kier molecular flexibility index (Phi) is 5.64. The third-order valence-electron chi connectivity index (χ3n) is 3.41. The summed E-state index contributed by atoms with van der Waals surface area (Å²) in [5, 5.41) is 13.2. The molecule has 0 aromatic heterocycles. The first-order valence-electron chi connectivity index (χ1n) is 6.21. The molecule has 0 spiro atoms. The SMILES string of the molecule is COc1cc(CNCC(C)(C)N(C)C)cc(Br)c1O. The average molecular weight is 331 g/mol. The van der Waals surface area contributed by atoms with Gasteiger partial charge in [-0.2, -0.15) is 0 Å². The third-order valence-corrected chi connectivity index (χ3v) is 4.01. The van der Waals surface area contributed by atoms with Crippen LogP contribution in [0.25, 0.3) is 0 Å². The number of phenolic OH excluding ortho intramolecular Hbond substituents is 1. The standard InChI is InChI=1S/C14H23BrN2O2/c1-14(2,17(3)4)9-16-8-10-6-11(15)13(18)12(7-10)19-5/h6-7,16,18H,8-9H2,1-5H3. The van der Waals surface area contributed by atoms with E-state index in [9.17, 15) is 5.11 Å². The molecule has 108 valence electrons. The molecular weight excluding hydrogens is 308 g/mol. The van der Waals surface area contributed by atoms with E-state index in [0.29, 0.717) is 10.2 Å². The molecule has 0 aliphatic carbocycles. The van der Waals surface area contributed by atoms with E-state index in [0.717, 1.165) is 18.7 Å². The number of nitrogens with zero attached hydrogens (tertiary/aromatic N) is 1. The second-order valence-corrected chi connectivity index (χ2v) is 6.29. The molecular formula is C14H23BrN2O2. The summed E-state index contributed by atoms with van der Waals surface area (Å²) >= 11 is 3.33. The lowest BCUT2D eigenvalue weighted by Gasteiger charge is -2.32. The van der Waals surface area contributed by atoms with Gasteiger partial charge in [-0.1, -0.05) is 0 Å². The van der Waals surface area contributed by atoms with Crippen molar-refractivity contribution in [3.63, 3.8) is 0 Å².